The predicted molar refractivity (Wildman–Crippen MR) is 50.4 cm³/mol. The summed E-state index contributed by atoms with van der Waals surface area (Å²) in [5.41, 5.74) is -0.496. The lowest BCUT2D eigenvalue weighted by atomic mass is 9.94. The molecule has 0 aromatic carbocycles. The lowest BCUT2D eigenvalue weighted by Gasteiger charge is -2.30. The molecule has 3 heteroatoms. The minimum atomic E-state index is -0.850. The first-order valence-electron chi connectivity index (χ1n) is 4.74. The summed E-state index contributed by atoms with van der Waals surface area (Å²) >= 11 is 0. The van der Waals surface area contributed by atoms with Crippen LogP contribution in [0.3, 0.4) is 0 Å². The van der Waals surface area contributed by atoms with Gasteiger partial charge in [-0.3, -0.25) is 4.39 Å². The van der Waals surface area contributed by atoms with Crippen molar-refractivity contribution in [2.24, 2.45) is 5.92 Å². The maximum absolute atomic E-state index is 12.4. The molecule has 0 bridgehead atoms. The van der Waals surface area contributed by atoms with Crippen molar-refractivity contribution in [2.45, 2.75) is 45.9 Å². The van der Waals surface area contributed by atoms with E-state index in [0.29, 0.717) is 13.0 Å². The average molecular weight is 194 g/mol. The molecule has 0 aromatic heterocycles. The molecule has 0 aliphatic heterocycles. The third-order valence-electron chi connectivity index (χ3n) is 2.41. The van der Waals surface area contributed by atoms with E-state index in [-0.39, 0.29) is 5.92 Å². The van der Waals surface area contributed by atoms with Crippen LogP contribution < -0.4 is 0 Å². The first-order chi connectivity index (χ1) is 5.90. The highest BCUT2D eigenvalue weighted by atomic mass is 19.1. The molecule has 0 aromatic rings. The van der Waals surface area contributed by atoms with Crippen molar-refractivity contribution >= 4 is 0 Å². The van der Waals surface area contributed by atoms with E-state index in [9.17, 15) is 8.78 Å². The molecule has 0 fully saturated rings. The van der Waals surface area contributed by atoms with Gasteiger partial charge < -0.3 is 4.74 Å². The standard InChI is InChI=1S/C10H20F2O/c1-8(7-11)10(3,4)13-6-5-9(2)12/h8-9H,5-7H2,1-4H3. The number of alkyl halides is 2. The lowest BCUT2D eigenvalue weighted by molar-refractivity contribution is -0.0652. The maximum atomic E-state index is 12.4. The van der Waals surface area contributed by atoms with Crippen LogP contribution in [0.1, 0.15) is 34.1 Å². The predicted octanol–water partition coefficient (Wildman–Crippen LogP) is 3.14. The minimum absolute atomic E-state index is 0.151. The zero-order valence-corrected chi connectivity index (χ0v) is 8.94. The molecule has 13 heavy (non-hydrogen) atoms. The van der Waals surface area contributed by atoms with Gasteiger partial charge in [0.25, 0.3) is 0 Å². The van der Waals surface area contributed by atoms with Gasteiger partial charge in [-0.05, 0) is 20.8 Å². The average Bonchev–Trinajstić information content (AvgIpc) is 2.01. The van der Waals surface area contributed by atoms with E-state index < -0.39 is 18.4 Å². The fourth-order valence-electron chi connectivity index (χ4n) is 0.812. The summed E-state index contributed by atoms with van der Waals surface area (Å²) in [7, 11) is 0. The van der Waals surface area contributed by atoms with Crippen LogP contribution in [-0.2, 0) is 4.74 Å². The monoisotopic (exact) mass is 194 g/mol. The third-order valence-corrected chi connectivity index (χ3v) is 2.41. The molecule has 0 aliphatic rings. The van der Waals surface area contributed by atoms with Gasteiger partial charge in [-0.25, -0.2) is 4.39 Å². The van der Waals surface area contributed by atoms with Gasteiger partial charge in [-0.15, -0.1) is 0 Å². The zero-order valence-electron chi connectivity index (χ0n) is 8.94. The molecule has 0 spiro atoms. The van der Waals surface area contributed by atoms with E-state index in [0.717, 1.165) is 0 Å². The van der Waals surface area contributed by atoms with Gasteiger partial charge in [0.1, 0.15) is 0 Å². The second-order valence-electron chi connectivity index (χ2n) is 4.08. The van der Waals surface area contributed by atoms with Crippen LogP contribution in [0, 0.1) is 5.92 Å². The molecule has 0 aliphatic carbocycles. The van der Waals surface area contributed by atoms with Crippen LogP contribution in [0.5, 0.6) is 0 Å². The highest BCUT2D eigenvalue weighted by molar-refractivity contribution is 4.75. The molecule has 2 atom stereocenters. The highest BCUT2D eigenvalue weighted by Gasteiger charge is 2.26. The summed E-state index contributed by atoms with van der Waals surface area (Å²) in [5, 5.41) is 0. The van der Waals surface area contributed by atoms with Crippen molar-refractivity contribution in [1.82, 2.24) is 0 Å². The smallest absolute Gasteiger partial charge is 0.0995 e. The van der Waals surface area contributed by atoms with Crippen molar-refractivity contribution in [3.63, 3.8) is 0 Å². The van der Waals surface area contributed by atoms with Crippen LogP contribution in [0.15, 0.2) is 0 Å². The fraction of sp³-hybridized carbons (Fsp3) is 1.00. The van der Waals surface area contributed by atoms with Gasteiger partial charge in [0.15, 0.2) is 0 Å². The molecule has 0 saturated carbocycles. The van der Waals surface area contributed by atoms with Gasteiger partial charge in [-0.2, -0.15) is 0 Å². The number of rotatable bonds is 6. The molecule has 0 saturated heterocycles. The highest BCUT2D eigenvalue weighted by Crippen LogP contribution is 2.21. The van der Waals surface area contributed by atoms with Crippen molar-refractivity contribution in [3.05, 3.63) is 0 Å². The third kappa shape index (κ3) is 5.19. The number of ether oxygens (including phenoxy) is 1. The van der Waals surface area contributed by atoms with E-state index in [2.05, 4.69) is 0 Å². The van der Waals surface area contributed by atoms with Crippen LogP contribution in [-0.4, -0.2) is 25.1 Å². The van der Waals surface area contributed by atoms with Crippen LogP contribution in [0.4, 0.5) is 8.78 Å². The normalized spacial score (nSPS) is 17.1. The first-order valence-corrected chi connectivity index (χ1v) is 4.74. The van der Waals surface area contributed by atoms with Crippen molar-refractivity contribution in [2.75, 3.05) is 13.3 Å². The van der Waals surface area contributed by atoms with Gasteiger partial charge in [0, 0.05) is 12.3 Å². The lowest BCUT2D eigenvalue weighted by Crippen LogP contribution is -2.34. The summed E-state index contributed by atoms with van der Waals surface area (Å²) in [6.45, 7) is 6.90. The molecule has 2 unspecified atom stereocenters. The quantitative estimate of drug-likeness (QED) is 0.631. The van der Waals surface area contributed by atoms with E-state index in [1.54, 1.807) is 6.92 Å². The molecule has 1 nitrogen and oxygen atoms in total. The Labute approximate surface area is 79.5 Å². The Balaban J connectivity index is 3.75. The number of halogens is 2. The zero-order chi connectivity index (χ0) is 10.5. The van der Waals surface area contributed by atoms with E-state index in [1.165, 1.54) is 6.92 Å². The van der Waals surface area contributed by atoms with Crippen LogP contribution in [0.25, 0.3) is 0 Å². The molecular formula is C10H20F2O. The van der Waals surface area contributed by atoms with Gasteiger partial charge in [0.2, 0.25) is 0 Å². The fourth-order valence-corrected chi connectivity index (χ4v) is 0.812. The van der Waals surface area contributed by atoms with Gasteiger partial charge in [0.05, 0.1) is 25.1 Å². The SMILES string of the molecule is CC(F)CCOC(C)(C)C(C)CF. The first kappa shape index (κ1) is 12.8. The Morgan fingerprint density at radius 2 is 1.85 bits per heavy atom. The molecule has 0 radical (unpaired) electrons. The molecule has 80 valence electrons. The molecule has 0 N–H and O–H groups in total. The van der Waals surface area contributed by atoms with Crippen molar-refractivity contribution < 1.29 is 13.5 Å². The molecule has 0 heterocycles. The Kier molecular flexibility index (Phi) is 5.45. The molecule has 0 rings (SSSR count). The van der Waals surface area contributed by atoms with E-state index in [4.69, 9.17) is 4.74 Å². The second-order valence-corrected chi connectivity index (χ2v) is 4.08. The second kappa shape index (κ2) is 5.53. The number of hydrogen-bond donors (Lipinski definition) is 0. The van der Waals surface area contributed by atoms with Gasteiger partial charge in [-0.1, -0.05) is 6.92 Å². The summed E-state index contributed by atoms with van der Waals surface area (Å²) in [6.07, 6.45) is -0.473. The Hall–Kier alpha value is -0.180. The summed E-state index contributed by atoms with van der Waals surface area (Å²) in [6, 6.07) is 0. The molecule has 0 amide bonds. The largest absolute Gasteiger partial charge is 0.375 e. The van der Waals surface area contributed by atoms with Crippen LogP contribution in [0.2, 0.25) is 0 Å². The summed E-state index contributed by atoms with van der Waals surface area (Å²) < 4.78 is 30.1. The van der Waals surface area contributed by atoms with E-state index in [1.807, 2.05) is 13.8 Å². The van der Waals surface area contributed by atoms with E-state index >= 15 is 0 Å². The Morgan fingerprint density at radius 1 is 1.31 bits per heavy atom. The summed E-state index contributed by atoms with van der Waals surface area (Å²) in [4.78, 5) is 0. The minimum Gasteiger partial charge on any atom is -0.375 e. The maximum Gasteiger partial charge on any atom is 0.0995 e. The molecular weight excluding hydrogens is 174 g/mol. The number of hydrogen-bond acceptors (Lipinski definition) is 1. The Morgan fingerprint density at radius 3 is 2.23 bits per heavy atom. The Bertz CT molecular complexity index is 135. The van der Waals surface area contributed by atoms with Crippen molar-refractivity contribution in [1.29, 1.82) is 0 Å². The van der Waals surface area contributed by atoms with Crippen molar-refractivity contribution in [3.8, 4) is 0 Å². The summed E-state index contributed by atoms with van der Waals surface area (Å²) in [5.74, 6) is -0.151. The van der Waals surface area contributed by atoms with Gasteiger partial charge >= 0.3 is 0 Å². The topological polar surface area (TPSA) is 9.23 Å². The van der Waals surface area contributed by atoms with Crippen LogP contribution >= 0.6 is 0 Å².